The first kappa shape index (κ1) is 92.2. The quantitative estimate of drug-likeness (QED) is 0.0243. The van der Waals surface area contributed by atoms with Crippen LogP contribution in [0.15, 0.2) is 12.2 Å². The third-order valence-electron chi connectivity index (χ3n) is 20.3. The Morgan fingerprint density at radius 1 is 0.355 bits per heavy atom. The molecule has 0 spiro atoms. The van der Waals surface area contributed by atoms with Crippen molar-refractivity contribution in [2.75, 3.05) is 40.9 Å². The van der Waals surface area contributed by atoms with Crippen molar-refractivity contribution in [1.29, 1.82) is 0 Å². The molecule has 0 aliphatic rings. The summed E-state index contributed by atoms with van der Waals surface area (Å²) >= 11 is 0. The summed E-state index contributed by atoms with van der Waals surface area (Å²) in [6.45, 7) is 4.97. The maximum Gasteiger partial charge on any atom is 0.472 e. The van der Waals surface area contributed by atoms with Gasteiger partial charge in [0, 0.05) is 6.42 Å². The fourth-order valence-electron chi connectivity index (χ4n) is 13.7. The average molecular weight is 1340 g/mol. The molecule has 0 fully saturated rings. The molecule has 3 unspecified atom stereocenters. The van der Waals surface area contributed by atoms with Gasteiger partial charge < -0.3 is 19.8 Å². The van der Waals surface area contributed by atoms with E-state index in [1.54, 1.807) is 0 Å². The van der Waals surface area contributed by atoms with Crippen LogP contribution in [0.25, 0.3) is 0 Å². The summed E-state index contributed by atoms with van der Waals surface area (Å²) in [5, 5.41) is 14.2. The Hall–Kier alpha value is -0.760. The van der Waals surface area contributed by atoms with E-state index in [4.69, 9.17) is 9.05 Å². The predicted molar refractivity (Wildman–Crippen MR) is 411 cm³/mol. The summed E-state index contributed by atoms with van der Waals surface area (Å²) in [5.74, 6) is -0.132. The Kier molecular flexibility index (Phi) is 74.8. The molecule has 0 aromatic carbocycles. The first-order valence-corrected chi connectivity index (χ1v) is 44.0. The number of quaternary nitrogens is 1. The molecule has 8 nitrogen and oxygen atoms in total. The van der Waals surface area contributed by atoms with Crippen LogP contribution >= 0.6 is 7.82 Å². The molecule has 556 valence electrons. The lowest BCUT2D eigenvalue weighted by atomic mass is 10.0. The maximum atomic E-state index is 13.1. The molecule has 0 bridgehead atoms. The number of unbranched alkanes of at least 4 members (excludes halogenated alkanes) is 66. The number of likely N-dealkylation sites (N-methyl/N-ethyl adjacent to an activating group) is 1. The minimum absolute atomic E-state index is 0.0790. The Bertz CT molecular complexity index is 1520. The highest BCUT2D eigenvalue weighted by Crippen LogP contribution is 2.43. The van der Waals surface area contributed by atoms with Crippen LogP contribution in [0.1, 0.15) is 470 Å². The van der Waals surface area contributed by atoms with E-state index in [-0.39, 0.29) is 19.1 Å². The van der Waals surface area contributed by atoms with E-state index in [1.807, 2.05) is 21.1 Å². The Morgan fingerprint density at radius 2 is 0.581 bits per heavy atom. The zero-order chi connectivity index (χ0) is 67.6. The molecule has 0 radical (unpaired) electrons. The first-order valence-electron chi connectivity index (χ1n) is 42.6. The van der Waals surface area contributed by atoms with E-state index in [1.165, 1.54) is 405 Å². The largest absolute Gasteiger partial charge is 0.472 e. The van der Waals surface area contributed by atoms with Gasteiger partial charge >= 0.3 is 7.82 Å². The fraction of sp³-hybridized carbons (Fsp3) is 0.964. The zero-order valence-corrected chi connectivity index (χ0v) is 65.0. The molecule has 0 saturated carbocycles. The van der Waals surface area contributed by atoms with E-state index in [0.717, 1.165) is 38.5 Å². The van der Waals surface area contributed by atoms with Gasteiger partial charge in [0.05, 0.1) is 39.9 Å². The van der Waals surface area contributed by atoms with Gasteiger partial charge in [-0.15, -0.1) is 0 Å². The molecular formula is C84H170N2O6P+. The van der Waals surface area contributed by atoms with Crippen LogP contribution in [-0.4, -0.2) is 73.4 Å². The Labute approximate surface area is 583 Å². The second kappa shape index (κ2) is 75.4. The number of rotatable bonds is 81. The van der Waals surface area contributed by atoms with E-state index in [9.17, 15) is 19.4 Å². The molecule has 0 heterocycles. The maximum absolute atomic E-state index is 13.1. The van der Waals surface area contributed by atoms with Gasteiger partial charge in [0.15, 0.2) is 0 Å². The summed E-state index contributed by atoms with van der Waals surface area (Å²) in [6.07, 6.45) is 99.6. The minimum Gasteiger partial charge on any atom is -0.391 e. The summed E-state index contributed by atoms with van der Waals surface area (Å²) < 4.78 is 24.0. The number of carbonyl (C=O) groups is 1. The molecule has 3 atom stereocenters. The van der Waals surface area contributed by atoms with Crippen molar-refractivity contribution in [3.05, 3.63) is 12.2 Å². The van der Waals surface area contributed by atoms with Gasteiger partial charge in [0.25, 0.3) is 0 Å². The van der Waals surface area contributed by atoms with Gasteiger partial charge in [-0.2, -0.15) is 0 Å². The molecule has 0 aromatic heterocycles. The van der Waals surface area contributed by atoms with E-state index < -0.39 is 20.0 Å². The number of hydrogen-bond acceptors (Lipinski definition) is 5. The Balaban J connectivity index is 3.86. The molecular weight excluding hydrogens is 1160 g/mol. The normalized spacial score (nSPS) is 13.4. The third-order valence-corrected chi connectivity index (χ3v) is 21.2. The topological polar surface area (TPSA) is 105 Å². The van der Waals surface area contributed by atoms with Crippen LogP contribution in [0, 0.1) is 0 Å². The van der Waals surface area contributed by atoms with Gasteiger partial charge in [0.1, 0.15) is 13.2 Å². The second-order valence-corrected chi connectivity index (χ2v) is 32.4. The number of amides is 1. The molecule has 0 aromatic rings. The predicted octanol–water partition coefficient (Wildman–Crippen LogP) is 28.0. The minimum atomic E-state index is -4.33. The van der Waals surface area contributed by atoms with Crippen molar-refractivity contribution in [3.8, 4) is 0 Å². The standard InChI is InChI=1S/C84H169N2O6P/c1-6-8-10-12-14-16-18-20-22-24-26-28-30-32-34-36-38-40-41-42-43-44-45-46-48-50-52-54-56-58-60-62-64-66-68-70-72-74-76-78-84(88)85-82(81-92-93(89,90)91-80-79-86(3,4)5)83(87)77-75-73-71-69-67-65-63-61-59-57-55-53-51-49-47-39-37-35-33-31-29-27-25-23-21-19-17-15-13-11-9-7-2/h24,26,82-83,87H,6-23,25,27-81H2,1-5H3,(H-,85,88,89,90)/p+1/b26-24-. The van der Waals surface area contributed by atoms with E-state index in [2.05, 4.69) is 31.3 Å². The molecule has 9 heteroatoms. The molecule has 1 amide bonds. The van der Waals surface area contributed by atoms with Gasteiger partial charge in [-0.3, -0.25) is 13.8 Å². The number of carbonyl (C=O) groups excluding carboxylic acids is 1. The van der Waals surface area contributed by atoms with Crippen molar-refractivity contribution >= 4 is 13.7 Å². The average Bonchev–Trinajstić information content (AvgIpc) is 1.94. The van der Waals surface area contributed by atoms with Gasteiger partial charge in [-0.25, -0.2) is 4.57 Å². The van der Waals surface area contributed by atoms with Gasteiger partial charge in [-0.1, -0.05) is 437 Å². The summed E-state index contributed by atoms with van der Waals surface area (Å²) in [7, 11) is 1.65. The van der Waals surface area contributed by atoms with Gasteiger partial charge in [0.2, 0.25) is 5.91 Å². The number of aliphatic hydroxyl groups excluding tert-OH is 1. The lowest BCUT2D eigenvalue weighted by molar-refractivity contribution is -0.870. The molecule has 3 N–H and O–H groups in total. The number of nitrogens with one attached hydrogen (secondary N) is 1. The molecule has 0 saturated heterocycles. The summed E-state index contributed by atoms with van der Waals surface area (Å²) in [4.78, 5) is 23.6. The lowest BCUT2D eigenvalue weighted by Gasteiger charge is -2.26. The van der Waals surface area contributed by atoms with Crippen LogP contribution in [-0.2, 0) is 18.4 Å². The van der Waals surface area contributed by atoms with Crippen LogP contribution in [0.3, 0.4) is 0 Å². The van der Waals surface area contributed by atoms with E-state index in [0.29, 0.717) is 23.9 Å². The number of hydrogen-bond donors (Lipinski definition) is 3. The summed E-state index contributed by atoms with van der Waals surface area (Å²) in [5.41, 5.74) is 0. The summed E-state index contributed by atoms with van der Waals surface area (Å²) in [6, 6.07) is -0.759. The smallest absolute Gasteiger partial charge is 0.391 e. The number of nitrogens with zero attached hydrogens (tertiary/aromatic N) is 1. The SMILES string of the molecule is CCCCCCCCCC/C=C\CCCCCCCCCCCCCCCCCCCCCCCCCCCCCC(=O)NC(COP(=O)(O)OCC[N+](C)(C)C)C(O)CCCCCCCCCCCCCCCCCCCCCCCCCCCCCCCCCC. The van der Waals surface area contributed by atoms with Gasteiger partial charge in [-0.05, 0) is 38.5 Å². The van der Waals surface area contributed by atoms with Crippen LogP contribution < -0.4 is 5.32 Å². The highest BCUT2D eigenvalue weighted by molar-refractivity contribution is 7.47. The second-order valence-electron chi connectivity index (χ2n) is 30.9. The fourth-order valence-corrected chi connectivity index (χ4v) is 14.4. The van der Waals surface area contributed by atoms with Crippen molar-refractivity contribution in [2.24, 2.45) is 0 Å². The monoisotopic (exact) mass is 1330 g/mol. The van der Waals surface area contributed by atoms with Crippen molar-refractivity contribution in [3.63, 3.8) is 0 Å². The van der Waals surface area contributed by atoms with E-state index >= 15 is 0 Å². The highest BCUT2D eigenvalue weighted by atomic mass is 31.2. The van der Waals surface area contributed by atoms with Crippen LogP contribution in [0.5, 0.6) is 0 Å². The third kappa shape index (κ3) is 78.5. The lowest BCUT2D eigenvalue weighted by Crippen LogP contribution is -2.46. The molecule has 0 aliphatic carbocycles. The number of allylic oxidation sites excluding steroid dienone is 2. The molecule has 93 heavy (non-hydrogen) atoms. The highest BCUT2D eigenvalue weighted by Gasteiger charge is 2.28. The zero-order valence-electron chi connectivity index (χ0n) is 64.1. The number of aliphatic hydroxyl groups is 1. The number of phosphoric ester groups is 1. The van der Waals surface area contributed by atoms with Crippen molar-refractivity contribution < 1.29 is 32.9 Å². The molecule has 0 rings (SSSR count). The molecule has 0 aliphatic heterocycles. The van der Waals surface area contributed by atoms with Crippen molar-refractivity contribution in [2.45, 2.75) is 482 Å². The van der Waals surface area contributed by atoms with Crippen LogP contribution in [0.4, 0.5) is 0 Å². The Morgan fingerprint density at radius 3 is 0.828 bits per heavy atom. The number of phosphoric acid groups is 1. The first-order chi connectivity index (χ1) is 45.5. The van der Waals surface area contributed by atoms with Crippen LogP contribution in [0.2, 0.25) is 0 Å². The van der Waals surface area contributed by atoms with Crippen molar-refractivity contribution in [1.82, 2.24) is 5.32 Å².